The van der Waals surface area contributed by atoms with Crippen molar-refractivity contribution in [2.45, 2.75) is 32.1 Å². The van der Waals surface area contributed by atoms with E-state index in [1.54, 1.807) is 17.0 Å². The Morgan fingerprint density at radius 1 is 1.11 bits per heavy atom. The Bertz CT molecular complexity index is 945. The number of aryl methyl sites for hydroxylation is 1. The molecule has 0 aliphatic rings. The number of likely N-dealkylation sites (N-methyl/N-ethyl adjacent to an activating group) is 1. The summed E-state index contributed by atoms with van der Waals surface area (Å²) in [7, 11) is -3.89. The number of anilines is 1. The van der Waals surface area contributed by atoms with Gasteiger partial charge in [-0.3, -0.25) is 9.52 Å². The molecule has 1 N–H and O–H groups in total. The summed E-state index contributed by atoms with van der Waals surface area (Å²) in [5, 5.41) is 0.406. The van der Waals surface area contributed by atoms with Crippen molar-refractivity contribution in [2.24, 2.45) is 0 Å². The molecule has 1 amide bonds. The number of hydrogen-bond acceptors (Lipinski definition) is 4. The lowest BCUT2D eigenvalue weighted by Crippen LogP contribution is -2.32. The second-order valence-electron chi connectivity index (χ2n) is 5.88. The van der Waals surface area contributed by atoms with Crippen LogP contribution < -0.4 is 4.72 Å². The van der Waals surface area contributed by atoms with Gasteiger partial charge in [-0.25, -0.2) is 13.4 Å². The molecular weight excluding hydrogens is 409 g/mol. The van der Waals surface area contributed by atoms with E-state index < -0.39 is 10.0 Å². The monoisotopic (exact) mass is 429 g/mol. The van der Waals surface area contributed by atoms with E-state index in [0.717, 1.165) is 5.56 Å². The molecule has 1 aromatic carbocycles. The highest BCUT2D eigenvalue weighted by atomic mass is 35.5. The molecule has 146 valence electrons. The molecule has 1 aromatic heterocycles. The minimum Gasteiger partial charge on any atom is -0.343 e. The maximum atomic E-state index is 12.6. The smallest absolute Gasteiger partial charge is 0.263 e. The standard InChI is InChI=1S/C18H21Cl2N3O3S/c1-4-23(5-2)18(24)11-16-12(3)6-9-17(21-16)22-27(25,26)13-7-8-14(19)15(20)10-13/h6-10H,4-5,11H2,1-3H3,(H,21,22). The first-order valence-electron chi connectivity index (χ1n) is 8.40. The van der Waals surface area contributed by atoms with Gasteiger partial charge in [0.05, 0.1) is 27.1 Å². The zero-order chi connectivity index (χ0) is 20.2. The van der Waals surface area contributed by atoms with Crippen molar-refractivity contribution in [1.82, 2.24) is 9.88 Å². The molecular formula is C18H21Cl2N3O3S. The number of halogens is 2. The van der Waals surface area contributed by atoms with Crippen LogP contribution in [0.1, 0.15) is 25.1 Å². The van der Waals surface area contributed by atoms with Gasteiger partial charge >= 0.3 is 0 Å². The number of carbonyl (C=O) groups is 1. The summed E-state index contributed by atoms with van der Waals surface area (Å²) in [5.41, 5.74) is 1.34. The van der Waals surface area contributed by atoms with Gasteiger partial charge in [0.15, 0.2) is 0 Å². The third-order valence-corrected chi connectivity index (χ3v) is 6.17. The van der Waals surface area contributed by atoms with E-state index in [2.05, 4.69) is 9.71 Å². The molecule has 0 saturated heterocycles. The minimum absolute atomic E-state index is 0.0277. The summed E-state index contributed by atoms with van der Waals surface area (Å²) < 4.78 is 27.5. The number of hydrogen-bond donors (Lipinski definition) is 1. The molecule has 0 spiro atoms. The number of pyridine rings is 1. The average molecular weight is 430 g/mol. The first kappa shape index (κ1) is 21.5. The Kier molecular flexibility index (Phi) is 7.08. The van der Waals surface area contributed by atoms with Gasteiger partial charge in [0.25, 0.3) is 10.0 Å². The molecule has 1 heterocycles. The zero-order valence-electron chi connectivity index (χ0n) is 15.3. The van der Waals surface area contributed by atoms with Gasteiger partial charge < -0.3 is 4.90 Å². The molecule has 2 aromatic rings. The lowest BCUT2D eigenvalue weighted by molar-refractivity contribution is -0.130. The van der Waals surface area contributed by atoms with Crippen molar-refractivity contribution >= 4 is 45.0 Å². The minimum atomic E-state index is -3.89. The molecule has 0 bridgehead atoms. The molecule has 0 fully saturated rings. The van der Waals surface area contributed by atoms with Gasteiger partial charge in [0.1, 0.15) is 5.82 Å². The van der Waals surface area contributed by atoms with E-state index in [4.69, 9.17) is 23.2 Å². The number of benzene rings is 1. The Hall–Kier alpha value is -1.83. The summed E-state index contributed by atoms with van der Waals surface area (Å²) in [4.78, 5) is 18.3. The molecule has 0 radical (unpaired) electrons. The highest BCUT2D eigenvalue weighted by Crippen LogP contribution is 2.26. The van der Waals surface area contributed by atoms with E-state index in [1.165, 1.54) is 18.2 Å². The Labute approximate surface area is 169 Å². The maximum absolute atomic E-state index is 12.6. The van der Waals surface area contributed by atoms with Gasteiger partial charge in [-0.05, 0) is 50.6 Å². The van der Waals surface area contributed by atoms with Crippen LogP contribution >= 0.6 is 23.2 Å². The number of carbonyl (C=O) groups excluding carboxylic acids is 1. The van der Waals surface area contributed by atoms with Crippen LogP contribution in [0, 0.1) is 6.92 Å². The Morgan fingerprint density at radius 2 is 1.78 bits per heavy atom. The van der Waals surface area contributed by atoms with Crippen LogP contribution in [-0.4, -0.2) is 37.3 Å². The van der Waals surface area contributed by atoms with Crippen LogP contribution in [0.5, 0.6) is 0 Å². The van der Waals surface area contributed by atoms with Crippen LogP contribution in [-0.2, 0) is 21.2 Å². The first-order chi connectivity index (χ1) is 12.7. The molecule has 6 nitrogen and oxygen atoms in total. The fourth-order valence-electron chi connectivity index (χ4n) is 2.48. The molecule has 0 saturated carbocycles. The zero-order valence-corrected chi connectivity index (χ0v) is 17.6. The number of nitrogens with one attached hydrogen (secondary N) is 1. The first-order valence-corrected chi connectivity index (χ1v) is 10.6. The molecule has 2 rings (SSSR count). The predicted octanol–water partition coefficient (Wildman–Crippen LogP) is 3.91. The number of aromatic nitrogens is 1. The van der Waals surface area contributed by atoms with Crippen molar-refractivity contribution in [1.29, 1.82) is 0 Å². The van der Waals surface area contributed by atoms with Gasteiger partial charge in [-0.2, -0.15) is 0 Å². The van der Waals surface area contributed by atoms with Crippen LogP contribution in [0.3, 0.4) is 0 Å². The topological polar surface area (TPSA) is 79.4 Å². The predicted molar refractivity (Wildman–Crippen MR) is 108 cm³/mol. The van der Waals surface area contributed by atoms with Crippen LogP contribution in [0.2, 0.25) is 10.0 Å². The largest absolute Gasteiger partial charge is 0.343 e. The summed E-state index contributed by atoms with van der Waals surface area (Å²) in [6, 6.07) is 7.32. The van der Waals surface area contributed by atoms with Crippen LogP contribution in [0.25, 0.3) is 0 Å². The van der Waals surface area contributed by atoms with Gasteiger partial charge in [-0.1, -0.05) is 29.3 Å². The second kappa shape index (κ2) is 8.91. The van der Waals surface area contributed by atoms with Crippen LogP contribution in [0.4, 0.5) is 5.82 Å². The fraction of sp³-hybridized carbons (Fsp3) is 0.333. The second-order valence-corrected chi connectivity index (χ2v) is 8.38. The highest BCUT2D eigenvalue weighted by molar-refractivity contribution is 7.92. The van der Waals surface area contributed by atoms with Gasteiger partial charge in [0.2, 0.25) is 5.91 Å². The third-order valence-electron chi connectivity index (χ3n) is 4.08. The SMILES string of the molecule is CCN(CC)C(=O)Cc1nc(NS(=O)(=O)c2ccc(Cl)c(Cl)c2)ccc1C. The molecule has 0 unspecified atom stereocenters. The number of nitrogens with zero attached hydrogens (tertiary/aromatic N) is 2. The Morgan fingerprint density at radius 3 is 2.37 bits per heavy atom. The number of rotatable bonds is 7. The summed E-state index contributed by atoms with van der Waals surface area (Å²) in [6.07, 6.45) is 0.107. The highest BCUT2D eigenvalue weighted by Gasteiger charge is 2.18. The van der Waals surface area contributed by atoms with Crippen LogP contribution in [0.15, 0.2) is 35.2 Å². The molecule has 0 atom stereocenters. The maximum Gasteiger partial charge on any atom is 0.263 e. The van der Waals surface area contributed by atoms with E-state index in [-0.39, 0.29) is 33.1 Å². The summed E-state index contributed by atoms with van der Waals surface area (Å²) >= 11 is 11.7. The van der Waals surface area contributed by atoms with E-state index >= 15 is 0 Å². The average Bonchev–Trinajstić information content (AvgIpc) is 2.61. The van der Waals surface area contributed by atoms with Crippen molar-refractivity contribution in [3.63, 3.8) is 0 Å². The lowest BCUT2D eigenvalue weighted by Gasteiger charge is -2.19. The lowest BCUT2D eigenvalue weighted by atomic mass is 10.1. The quantitative estimate of drug-likeness (QED) is 0.723. The molecule has 0 aliphatic carbocycles. The van der Waals surface area contributed by atoms with Gasteiger partial charge in [0, 0.05) is 13.1 Å². The van der Waals surface area contributed by atoms with Crippen molar-refractivity contribution in [2.75, 3.05) is 17.8 Å². The fourth-order valence-corrected chi connectivity index (χ4v) is 3.87. The molecule has 9 heteroatoms. The number of sulfonamides is 1. The Balaban J connectivity index is 2.26. The molecule has 0 aliphatic heterocycles. The van der Waals surface area contributed by atoms with E-state index in [9.17, 15) is 13.2 Å². The molecule has 27 heavy (non-hydrogen) atoms. The third kappa shape index (κ3) is 5.34. The van der Waals surface area contributed by atoms with Crippen molar-refractivity contribution < 1.29 is 13.2 Å². The summed E-state index contributed by atoms with van der Waals surface area (Å²) in [5.74, 6) is 0.0779. The van der Waals surface area contributed by atoms with Crippen molar-refractivity contribution in [3.05, 3.63) is 51.6 Å². The van der Waals surface area contributed by atoms with E-state index in [0.29, 0.717) is 18.8 Å². The summed E-state index contributed by atoms with van der Waals surface area (Å²) in [6.45, 7) is 6.86. The number of amides is 1. The normalized spacial score (nSPS) is 11.3. The van der Waals surface area contributed by atoms with Crippen molar-refractivity contribution in [3.8, 4) is 0 Å². The van der Waals surface area contributed by atoms with Gasteiger partial charge in [-0.15, -0.1) is 0 Å². The van der Waals surface area contributed by atoms with E-state index in [1.807, 2.05) is 20.8 Å².